The standard InChI is InChI=1S/C16H20N6O/c1-2-16(23)22-7-3-4-12(11-22)13-8-20-15(10-19-13)21-14-9-17-5-6-18-14/h5-6,8-10,12H,2-4,7,11H2,1H3,(H,18,20,21)/t12-/m1/s1. The Bertz CT molecular complexity index is 645. The predicted molar refractivity (Wildman–Crippen MR) is 86.2 cm³/mol. The summed E-state index contributed by atoms with van der Waals surface area (Å²) in [7, 11) is 0. The maximum Gasteiger partial charge on any atom is 0.222 e. The van der Waals surface area contributed by atoms with Gasteiger partial charge in [0.05, 0.1) is 24.3 Å². The second-order valence-electron chi connectivity index (χ2n) is 5.57. The highest BCUT2D eigenvalue weighted by atomic mass is 16.2. The second-order valence-corrected chi connectivity index (χ2v) is 5.57. The van der Waals surface area contributed by atoms with Crippen LogP contribution in [0, 0.1) is 0 Å². The number of carbonyl (C=O) groups excluding carboxylic acids is 1. The van der Waals surface area contributed by atoms with Crippen LogP contribution in [-0.4, -0.2) is 43.8 Å². The van der Waals surface area contributed by atoms with Gasteiger partial charge in [0, 0.05) is 37.8 Å². The summed E-state index contributed by atoms with van der Waals surface area (Å²) >= 11 is 0. The summed E-state index contributed by atoms with van der Waals surface area (Å²) in [6.45, 7) is 3.49. The molecule has 0 bridgehead atoms. The Morgan fingerprint density at radius 3 is 2.78 bits per heavy atom. The van der Waals surface area contributed by atoms with Crippen molar-refractivity contribution >= 4 is 17.5 Å². The highest BCUT2D eigenvalue weighted by Gasteiger charge is 2.24. The van der Waals surface area contributed by atoms with Crippen LogP contribution in [0.1, 0.15) is 37.8 Å². The van der Waals surface area contributed by atoms with Crippen molar-refractivity contribution in [1.29, 1.82) is 0 Å². The van der Waals surface area contributed by atoms with E-state index in [1.54, 1.807) is 31.0 Å². The van der Waals surface area contributed by atoms with Crippen LogP contribution in [0.2, 0.25) is 0 Å². The molecule has 2 aromatic heterocycles. The topological polar surface area (TPSA) is 83.9 Å². The fourth-order valence-corrected chi connectivity index (χ4v) is 2.78. The number of rotatable bonds is 4. The smallest absolute Gasteiger partial charge is 0.222 e. The number of aromatic nitrogens is 4. The molecule has 2 aromatic rings. The summed E-state index contributed by atoms with van der Waals surface area (Å²) in [6.07, 6.45) is 11.0. The van der Waals surface area contributed by atoms with Crippen molar-refractivity contribution in [3.05, 3.63) is 36.7 Å². The first-order valence-electron chi connectivity index (χ1n) is 7.89. The molecular weight excluding hydrogens is 292 g/mol. The van der Waals surface area contributed by atoms with E-state index in [0.717, 1.165) is 31.6 Å². The molecule has 7 nitrogen and oxygen atoms in total. The molecule has 1 atom stereocenters. The number of piperidine rings is 1. The van der Waals surface area contributed by atoms with Crippen LogP contribution in [0.25, 0.3) is 0 Å². The minimum absolute atomic E-state index is 0.212. The van der Waals surface area contributed by atoms with Crippen molar-refractivity contribution in [3.63, 3.8) is 0 Å². The van der Waals surface area contributed by atoms with Gasteiger partial charge in [0.1, 0.15) is 11.6 Å². The molecule has 7 heteroatoms. The molecule has 0 aromatic carbocycles. The van der Waals surface area contributed by atoms with Crippen LogP contribution < -0.4 is 5.32 Å². The Morgan fingerprint density at radius 1 is 1.22 bits per heavy atom. The molecule has 23 heavy (non-hydrogen) atoms. The first kappa shape index (κ1) is 15.3. The highest BCUT2D eigenvalue weighted by molar-refractivity contribution is 5.76. The molecule has 3 heterocycles. The molecule has 1 aliphatic rings. The zero-order valence-electron chi connectivity index (χ0n) is 13.1. The third-order valence-corrected chi connectivity index (χ3v) is 3.99. The normalized spacial score (nSPS) is 17.8. The van der Waals surface area contributed by atoms with E-state index < -0.39 is 0 Å². The van der Waals surface area contributed by atoms with Crippen LogP contribution in [0.5, 0.6) is 0 Å². The summed E-state index contributed by atoms with van der Waals surface area (Å²) in [5, 5.41) is 3.06. The zero-order valence-corrected chi connectivity index (χ0v) is 13.1. The second kappa shape index (κ2) is 7.13. The van der Waals surface area contributed by atoms with E-state index in [1.807, 2.05) is 11.8 Å². The number of anilines is 2. The molecule has 1 aliphatic heterocycles. The third kappa shape index (κ3) is 3.80. The maximum atomic E-state index is 11.9. The van der Waals surface area contributed by atoms with Gasteiger partial charge in [0.15, 0.2) is 0 Å². The van der Waals surface area contributed by atoms with Crippen LogP contribution in [0.15, 0.2) is 31.0 Å². The first-order chi connectivity index (χ1) is 11.3. The Morgan fingerprint density at radius 2 is 2.09 bits per heavy atom. The zero-order chi connectivity index (χ0) is 16.1. The van der Waals surface area contributed by atoms with Gasteiger partial charge in [-0.2, -0.15) is 0 Å². The fourth-order valence-electron chi connectivity index (χ4n) is 2.78. The van der Waals surface area contributed by atoms with Gasteiger partial charge in [-0.1, -0.05) is 6.92 Å². The molecule has 0 aliphatic carbocycles. The quantitative estimate of drug-likeness (QED) is 0.931. The Kier molecular flexibility index (Phi) is 4.75. The average molecular weight is 312 g/mol. The summed E-state index contributed by atoms with van der Waals surface area (Å²) in [4.78, 5) is 30.8. The molecule has 0 spiro atoms. The molecule has 0 unspecified atom stereocenters. The van der Waals surface area contributed by atoms with Crippen molar-refractivity contribution in [2.75, 3.05) is 18.4 Å². The van der Waals surface area contributed by atoms with Crippen LogP contribution in [-0.2, 0) is 4.79 Å². The van der Waals surface area contributed by atoms with Gasteiger partial charge >= 0.3 is 0 Å². The van der Waals surface area contributed by atoms with E-state index in [9.17, 15) is 4.79 Å². The van der Waals surface area contributed by atoms with Crippen LogP contribution >= 0.6 is 0 Å². The highest BCUT2D eigenvalue weighted by Crippen LogP contribution is 2.26. The van der Waals surface area contributed by atoms with Crippen LogP contribution in [0.4, 0.5) is 11.6 Å². The number of hydrogen-bond acceptors (Lipinski definition) is 6. The molecule has 1 N–H and O–H groups in total. The van der Waals surface area contributed by atoms with Gasteiger partial charge in [-0.15, -0.1) is 0 Å². The number of nitrogens with zero attached hydrogens (tertiary/aromatic N) is 5. The van der Waals surface area contributed by atoms with E-state index in [0.29, 0.717) is 18.1 Å². The molecule has 3 rings (SSSR count). The van der Waals surface area contributed by atoms with Gasteiger partial charge in [-0.3, -0.25) is 14.8 Å². The number of nitrogens with one attached hydrogen (secondary N) is 1. The minimum atomic E-state index is 0.212. The molecular formula is C16H20N6O. The molecule has 120 valence electrons. The number of hydrogen-bond donors (Lipinski definition) is 1. The van der Waals surface area contributed by atoms with Crippen molar-refractivity contribution < 1.29 is 4.79 Å². The average Bonchev–Trinajstić information content (AvgIpc) is 2.62. The van der Waals surface area contributed by atoms with Gasteiger partial charge in [-0.05, 0) is 12.8 Å². The van der Waals surface area contributed by atoms with Crippen molar-refractivity contribution in [1.82, 2.24) is 24.8 Å². The van der Waals surface area contributed by atoms with Crippen molar-refractivity contribution in [3.8, 4) is 0 Å². The molecule has 1 amide bonds. The van der Waals surface area contributed by atoms with Gasteiger partial charge in [0.25, 0.3) is 0 Å². The van der Waals surface area contributed by atoms with E-state index in [1.165, 1.54) is 0 Å². The largest absolute Gasteiger partial charge is 0.342 e. The van der Waals surface area contributed by atoms with E-state index in [-0.39, 0.29) is 11.8 Å². The van der Waals surface area contributed by atoms with Gasteiger partial charge in [-0.25, -0.2) is 9.97 Å². The Balaban J connectivity index is 1.66. The molecule has 0 radical (unpaired) electrons. The van der Waals surface area contributed by atoms with E-state index in [2.05, 4.69) is 25.3 Å². The van der Waals surface area contributed by atoms with Crippen molar-refractivity contribution in [2.45, 2.75) is 32.1 Å². The first-order valence-corrected chi connectivity index (χ1v) is 7.89. The Labute approximate surface area is 135 Å². The lowest BCUT2D eigenvalue weighted by molar-refractivity contribution is -0.132. The van der Waals surface area contributed by atoms with Gasteiger partial charge < -0.3 is 10.2 Å². The molecule has 1 fully saturated rings. The van der Waals surface area contributed by atoms with Crippen LogP contribution in [0.3, 0.4) is 0 Å². The predicted octanol–water partition coefficient (Wildman–Crippen LogP) is 2.13. The van der Waals surface area contributed by atoms with Gasteiger partial charge in [0.2, 0.25) is 5.91 Å². The lowest BCUT2D eigenvalue weighted by Gasteiger charge is -2.32. The number of amides is 1. The lowest BCUT2D eigenvalue weighted by Crippen LogP contribution is -2.38. The summed E-state index contributed by atoms with van der Waals surface area (Å²) in [5.74, 6) is 1.74. The van der Waals surface area contributed by atoms with Crippen molar-refractivity contribution in [2.24, 2.45) is 0 Å². The third-order valence-electron chi connectivity index (χ3n) is 3.99. The number of likely N-dealkylation sites (tertiary alicyclic amines) is 1. The lowest BCUT2D eigenvalue weighted by atomic mass is 9.95. The minimum Gasteiger partial charge on any atom is -0.342 e. The number of carbonyl (C=O) groups is 1. The SMILES string of the molecule is CCC(=O)N1CCC[C@@H](c2cnc(Nc3cnccn3)cn2)C1. The summed E-state index contributed by atoms with van der Waals surface area (Å²) < 4.78 is 0. The molecule has 1 saturated heterocycles. The van der Waals surface area contributed by atoms with E-state index >= 15 is 0 Å². The molecule has 0 saturated carbocycles. The summed E-state index contributed by atoms with van der Waals surface area (Å²) in [6, 6.07) is 0. The summed E-state index contributed by atoms with van der Waals surface area (Å²) in [5.41, 5.74) is 0.934. The fraction of sp³-hybridized carbons (Fsp3) is 0.438. The maximum absolute atomic E-state index is 11.9. The monoisotopic (exact) mass is 312 g/mol. The Hall–Kier alpha value is -2.57. The van der Waals surface area contributed by atoms with E-state index in [4.69, 9.17) is 0 Å².